The van der Waals surface area contributed by atoms with Crippen LogP contribution in [0.5, 0.6) is 0 Å². The van der Waals surface area contributed by atoms with E-state index in [2.05, 4.69) is 25.6 Å². The van der Waals surface area contributed by atoms with Gasteiger partial charge in [-0.25, -0.2) is 9.97 Å². The van der Waals surface area contributed by atoms with Gasteiger partial charge >= 0.3 is 5.97 Å². The molecule has 170 valence electrons. The predicted octanol–water partition coefficient (Wildman–Crippen LogP) is 4.70. The summed E-state index contributed by atoms with van der Waals surface area (Å²) in [7, 11) is 0. The van der Waals surface area contributed by atoms with Crippen molar-refractivity contribution in [3.8, 4) is 0 Å². The van der Waals surface area contributed by atoms with E-state index in [4.69, 9.17) is 27.9 Å². The van der Waals surface area contributed by atoms with Crippen LogP contribution in [0, 0.1) is 12.3 Å². The summed E-state index contributed by atoms with van der Waals surface area (Å²) in [6.07, 6.45) is 0. The van der Waals surface area contributed by atoms with Crippen LogP contribution < -0.4 is 10.6 Å². The average molecular weight is 496 g/mol. The third kappa shape index (κ3) is 6.34. The smallest absolute Gasteiger partial charge is 0.311 e. The Bertz CT molecular complexity index is 1050. The van der Waals surface area contributed by atoms with Gasteiger partial charge in [0.15, 0.2) is 5.17 Å². The summed E-state index contributed by atoms with van der Waals surface area (Å²) >= 11 is 13.6. The van der Waals surface area contributed by atoms with Gasteiger partial charge in [0, 0.05) is 11.6 Å². The molecule has 1 atom stereocenters. The highest BCUT2D eigenvalue weighted by atomic mass is 35.5. The van der Waals surface area contributed by atoms with Crippen molar-refractivity contribution in [1.82, 2.24) is 9.97 Å². The fourth-order valence-electron chi connectivity index (χ4n) is 2.68. The van der Waals surface area contributed by atoms with Crippen molar-refractivity contribution < 1.29 is 14.3 Å². The number of amidine groups is 1. The lowest BCUT2D eigenvalue weighted by atomic mass is 9.97. The minimum Gasteiger partial charge on any atom is -0.460 e. The number of anilines is 2. The van der Waals surface area contributed by atoms with Crippen LogP contribution in [-0.4, -0.2) is 38.8 Å². The van der Waals surface area contributed by atoms with Gasteiger partial charge in [0.2, 0.25) is 5.91 Å². The van der Waals surface area contributed by atoms with Crippen LogP contribution in [-0.2, 0) is 20.9 Å². The molecule has 1 aromatic heterocycles. The van der Waals surface area contributed by atoms with Gasteiger partial charge in [-0.2, -0.15) is 0 Å². The summed E-state index contributed by atoms with van der Waals surface area (Å²) < 4.78 is 5.39. The molecule has 3 rings (SSSR count). The number of ether oxygens (including phenoxy) is 1. The highest BCUT2D eigenvalue weighted by Gasteiger charge is 2.28. The van der Waals surface area contributed by atoms with Crippen molar-refractivity contribution in [2.45, 2.75) is 39.6 Å². The Balaban J connectivity index is 1.63. The lowest BCUT2D eigenvalue weighted by molar-refractivity contribution is -0.154. The summed E-state index contributed by atoms with van der Waals surface area (Å²) in [6.45, 7) is 7.34. The number of carbonyl (C=O) groups excluding carboxylic acids is 2. The van der Waals surface area contributed by atoms with Crippen LogP contribution in [0.3, 0.4) is 0 Å². The highest BCUT2D eigenvalue weighted by molar-refractivity contribution is 8.15. The number of amides is 1. The van der Waals surface area contributed by atoms with E-state index in [1.165, 1.54) is 11.8 Å². The summed E-state index contributed by atoms with van der Waals surface area (Å²) in [6, 6.07) is 6.74. The zero-order valence-corrected chi connectivity index (χ0v) is 20.4. The summed E-state index contributed by atoms with van der Waals surface area (Å²) in [5.41, 5.74) is 0.397. The molecular formula is C21H23Cl2N5O3S. The van der Waals surface area contributed by atoms with Gasteiger partial charge < -0.3 is 15.4 Å². The Morgan fingerprint density at radius 2 is 2.00 bits per heavy atom. The maximum Gasteiger partial charge on any atom is 0.311 e. The molecule has 2 aromatic rings. The van der Waals surface area contributed by atoms with E-state index in [9.17, 15) is 9.59 Å². The first-order valence-electron chi connectivity index (χ1n) is 9.77. The van der Waals surface area contributed by atoms with Crippen molar-refractivity contribution in [3.05, 3.63) is 45.8 Å². The molecule has 1 aromatic carbocycles. The number of esters is 1. The monoisotopic (exact) mass is 495 g/mol. The molecule has 11 heteroatoms. The zero-order valence-electron chi connectivity index (χ0n) is 18.0. The standard InChI is InChI=1S/C21H23Cl2N5O3S/c1-11-25-15(23)8-16(26-11)27-20-24-9-14(32-20)18(29)28-17-12(6-5-7-13(17)22)10-31-19(30)21(2,3)4/h5-8,14H,9-10H2,1-4H3,(H,28,29)(H,24,25,26,27). The number of aromatic nitrogens is 2. The Morgan fingerprint density at radius 3 is 2.69 bits per heavy atom. The number of benzene rings is 1. The highest BCUT2D eigenvalue weighted by Crippen LogP contribution is 2.30. The average Bonchev–Trinajstić information content (AvgIpc) is 3.15. The molecule has 2 heterocycles. The first kappa shape index (κ1) is 24.3. The zero-order chi connectivity index (χ0) is 23.5. The first-order chi connectivity index (χ1) is 15.0. The Hall–Kier alpha value is -2.36. The normalized spacial score (nSPS) is 15.8. The molecule has 0 aliphatic carbocycles. The van der Waals surface area contributed by atoms with E-state index in [1.54, 1.807) is 52.0 Å². The molecule has 1 aliphatic heterocycles. The van der Waals surface area contributed by atoms with E-state index >= 15 is 0 Å². The molecule has 0 radical (unpaired) electrons. The third-order valence-electron chi connectivity index (χ3n) is 4.31. The van der Waals surface area contributed by atoms with Gasteiger partial charge in [-0.05, 0) is 33.8 Å². The van der Waals surface area contributed by atoms with Crippen LogP contribution >= 0.6 is 35.0 Å². The molecule has 1 unspecified atom stereocenters. The summed E-state index contributed by atoms with van der Waals surface area (Å²) in [5, 5.41) is 6.68. The van der Waals surface area contributed by atoms with E-state index < -0.39 is 10.7 Å². The van der Waals surface area contributed by atoms with Crippen molar-refractivity contribution in [2.24, 2.45) is 10.4 Å². The van der Waals surface area contributed by atoms with E-state index in [0.717, 1.165) is 0 Å². The second-order valence-corrected chi connectivity index (χ2v) is 10.1. The van der Waals surface area contributed by atoms with Crippen molar-refractivity contribution in [3.63, 3.8) is 0 Å². The van der Waals surface area contributed by atoms with Gasteiger partial charge in [0.25, 0.3) is 0 Å². The number of para-hydroxylation sites is 1. The molecule has 1 aliphatic rings. The number of aryl methyl sites for hydroxylation is 1. The van der Waals surface area contributed by atoms with Gasteiger partial charge in [0.1, 0.15) is 28.7 Å². The molecule has 0 saturated heterocycles. The summed E-state index contributed by atoms with van der Waals surface area (Å²) in [5.74, 6) is 0.425. The van der Waals surface area contributed by atoms with Crippen LogP contribution in [0.25, 0.3) is 0 Å². The quantitative estimate of drug-likeness (QED) is 0.457. The minimum atomic E-state index is -0.629. The molecule has 2 N–H and O–H groups in total. The number of nitrogens with zero attached hydrogens (tertiary/aromatic N) is 3. The van der Waals surface area contributed by atoms with Crippen molar-refractivity contribution >= 4 is 63.5 Å². The van der Waals surface area contributed by atoms with E-state index in [1.807, 2.05) is 0 Å². The van der Waals surface area contributed by atoms with E-state index in [0.29, 0.717) is 38.2 Å². The third-order valence-corrected chi connectivity index (χ3v) is 5.92. The fourth-order valence-corrected chi connectivity index (χ4v) is 4.04. The summed E-state index contributed by atoms with van der Waals surface area (Å²) in [4.78, 5) is 37.6. The number of nitrogens with one attached hydrogen (secondary N) is 2. The predicted molar refractivity (Wildman–Crippen MR) is 128 cm³/mol. The lowest BCUT2D eigenvalue weighted by Gasteiger charge is -2.19. The van der Waals surface area contributed by atoms with Crippen molar-refractivity contribution in [1.29, 1.82) is 0 Å². The number of halogens is 2. The molecule has 0 saturated carbocycles. The fraction of sp³-hybridized carbons (Fsp3) is 0.381. The second-order valence-electron chi connectivity index (χ2n) is 8.09. The molecule has 0 bridgehead atoms. The molecule has 0 spiro atoms. The van der Waals surface area contributed by atoms with Crippen LogP contribution in [0.1, 0.15) is 32.2 Å². The number of aliphatic imine (C=N–C) groups is 1. The SMILES string of the molecule is Cc1nc(Cl)cc(NC2=NCC(C(=O)Nc3c(Cl)cccc3COC(=O)C(C)(C)C)S2)n1. The van der Waals surface area contributed by atoms with Crippen molar-refractivity contribution in [2.75, 3.05) is 17.2 Å². The largest absolute Gasteiger partial charge is 0.460 e. The first-order valence-corrected chi connectivity index (χ1v) is 11.4. The molecule has 1 amide bonds. The number of carbonyl (C=O) groups is 2. The maximum atomic E-state index is 12.9. The second kappa shape index (κ2) is 10.1. The molecular weight excluding hydrogens is 473 g/mol. The number of hydrogen-bond donors (Lipinski definition) is 2. The van der Waals surface area contributed by atoms with Crippen LogP contribution in [0.2, 0.25) is 10.2 Å². The van der Waals surface area contributed by atoms with Crippen LogP contribution in [0.15, 0.2) is 29.3 Å². The molecule has 8 nitrogen and oxygen atoms in total. The maximum absolute atomic E-state index is 12.9. The van der Waals surface area contributed by atoms with E-state index in [-0.39, 0.29) is 25.0 Å². The van der Waals surface area contributed by atoms with Gasteiger partial charge in [0.05, 0.1) is 22.7 Å². The van der Waals surface area contributed by atoms with Gasteiger partial charge in [-0.1, -0.05) is 47.1 Å². The number of rotatable bonds is 5. The topological polar surface area (TPSA) is 106 Å². The molecule has 32 heavy (non-hydrogen) atoms. The van der Waals surface area contributed by atoms with Gasteiger partial charge in [-0.3, -0.25) is 14.6 Å². The van der Waals surface area contributed by atoms with Crippen LogP contribution in [0.4, 0.5) is 11.5 Å². The Labute approximate surface area is 200 Å². The minimum absolute atomic E-state index is 0.00120. The Kier molecular flexibility index (Phi) is 7.63. The lowest BCUT2D eigenvalue weighted by Crippen LogP contribution is -2.27. The number of thioether (sulfide) groups is 1. The number of hydrogen-bond acceptors (Lipinski definition) is 8. The van der Waals surface area contributed by atoms with Gasteiger partial charge in [-0.15, -0.1) is 0 Å². The molecule has 0 fully saturated rings. The Morgan fingerprint density at radius 1 is 1.25 bits per heavy atom.